The standard InChI is InChI=1S/C43H71NO14/c1-11-32-29(20-54-34-18-25(4)37(48)42(52-10)41(34)51-9)16-23(2)12-13-31(46)24(3)17-28-14-15-53-21-30(45)22-55-33(19-35(47)57-32)26(5)40(28)58-43-39(50)36(44(7)8)38(49)27(6)56-43/h12-13,16,24-29,32-34,36-43,48-50H,11,14-15,17-22H2,1-10H3/b13-12+,23-16+/t24-,25?,26+,27-,28?,29-,32-,33-,34-,36+,37-,38-,39-,40-,41+,42-,43+/m1/s1. The van der Waals surface area contributed by atoms with Crippen LogP contribution in [0.1, 0.15) is 73.6 Å². The average Bonchev–Trinajstić information content (AvgIpc) is 3.20. The van der Waals surface area contributed by atoms with Gasteiger partial charge in [0.05, 0.1) is 55.7 Å². The van der Waals surface area contributed by atoms with E-state index in [9.17, 15) is 29.7 Å². The summed E-state index contributed by atoms with van der Waals surface area (Å²) in [7, 11) is 6.61. The summed E-state index contributed by atoms with van der Waals surface area (Å²) in [6.07, 6.45) is -1.78. The van der Waals surface area contributed by atoms with Gasteiger partial charge < -0.3 is 58.1 Å². The van der Waals surface area contributed by atoms with E-state index in [0.29, 0.717) is 25.7 Å². The zero-order valence-electron chi connectivity index (χ0n) is 36.2. The van der Waals surface area contributed by atoms with Crippen molar-refractivity contribution in [2.45, 2.75) is 147 Å². The van der Waals surface area contributed by atoms with E-state index in [2.05, 4.69) is 0 Å². The van der Waals surface area contributed by atoms with Gasteiger partial charge in [-0.1, -0.05) is 45.4 Å². The minimum atomic E-state index is -1.24. The number of carbonyl (C=O) groups excluding carboxylic acids is 3. The highest BCUT2D eigenvalue weighted by molar-refractivity contribution is 5.91. The lowest BCUT2D eigenvalue weighted by molar-refractivity contribution is -0.305. The fraction of sp³-hybridized carbons (Fsp3) is 0.837. The Morgan fingerprint density at radius 1 is 0.897 bits per heavy atom. The maximum Gasteiger partial charge on any atom is 0.308 e. The number of nitrogens with zero attached hydrogens (tertiary/aromatic N) is 1. The van der Waals surface area contributed by atoms with E-state index in [-0.39, 0.29) is 56.3 Å². The fourth-order valence-corrected chi connectivity index (χ4v) is 9.03. The minimum Gasteiger partial charge on any atom is -0.462 e. The number of aliphatic hydroxyl groups excluding tert-OH is 3. The number of Topliss-reactive ketones (excluding diaryl/α,β-unsaturated/α-hetero) is 1. The molecule has 0 aromatic carbocycles. The monoisotopic (exact) mass is 825 g/mol. The van der Waals surface area contributed by atoms with E-state index in [1.165, 1.54) is 7.11 Å². The van der Waals surface area contributed by atoms with Gasteiger partial charge in [-0.05, 0) is 71.5 Å². The second kappa shape index (κ2) is 22.6. The van der Waals surface area contributed by atoms with Crippen LogP contribution in [0.5, 0.6) is 0 Å². The van der Waals surface area contributed by atoms with Gasteiger partial charge in [-0.25, -0.2) is 0 Å². The van der Waals surface area contributed by atoms with E-state index in [1.54, 1.807) is 45.2 Å². The minimum absolute atomic E-state index is 0.0996. The zero-order chi connectivity index (χ0) is 42.8. The normalized spacial score (nSPS) is 43.3. The third-order valence-electron chi connectivity index (χ3n) is 12.5. The predicted octanol–water partition coefficient (Wildman–Crippen LogP) is 2.65. The van der Waals surface area contributed by atoms with Gasteiger partial charge in [-0.3, -0.25) is 14.4 Å². The number of esters is 1. The summed E-state index contributed by atoms with van der Waals surface area (Å²) in [6, 6.07) is -0.696. The van der Waals surface area contributed by atoms with Gasteiger partial charge in [0, 0.05) is 38.6 Å². The Kier molecular flexibility index (Phi) is 18.9. The van der Waals surface area contributed by atoms with E-state index in [4.69, 9.17) is 37.9 Å². The number of allylic oxidation sites excluding steroid dienone is 3. The van der Waals surface area contributed by atoms with Crippen LogP contribution in [-0.2, 0) is 52.3 Å². The Bertz CT molecular complexity index is 1390. The van der Waals surface area contributed by atoms with Crippen molar-refractivity contribution in [3.8, 4) is 0 Å². The molecule has 3 N–H and O–H groups in total. The molecule has 2 bridgehead atoms. The average molecular weight is 826 g/mol. The molecule has 3 aliphatic heterocycles. The van der Waals surface area contributed by atoms with Crippen LogP contribution in [0.4, 0.5) is 0 Å². The number of fused-ring (bicyclic) bond motifs is 3. The van der Waals surface area contributed by atoms with E-state index < -0.39 is 97.1 Å². The summed E-state index contributed by atoms with van der Waals surface area (Å²) in [5, 5.41) is 33.3. The van der Waals surface area contributed by atoms with Crippen LogP contribution >= 0.6 is 0 Å². The molecular formula is C43H71NO14. The summed E-state index contributed by atoms with van der Waals surface area (Å²) in [5.41, 5.74) is 0.779. The molecule has 58 heavy (non-hydrogen) atoms. The van der Waals surface area contributed by atoms with Crippen LogP contribution in [0, 0.1) is 29.6 Å². The molecule has 0 spiro atoms. The second-order valence-corrected chi connectivity index (χ2v) is 17.2. The number of aliphatic hydroxyl groups is 3. The quantitative estimate of drug-likeness (QED) is 0.288. The molecule has 4 rings (SSSR count). The molecule has 4 aliphatic rings. The van der Waals surface area contributed by atoms with Gasteiger partial charge in [-0.15, -0.1) is 0 Å². The van der Waals surface area contributed by atoms with Gasteiger partial charge in [0.15, 0.2) is 17.9 Å². The maximum absolute atomic E-state index is 14.1. The summed E-state index contributed by atoms with van der Waals surface area (Å²) in [5.74, 6) is -2.87. The van der Waals surface area contributed by atoms with Gasteiger partial charge in [0.2, 0.25) is 0 Å². The number of hydrogen-bond acceptors (Lipinski definition) is 15. The number of methoxy groups -OCH3 is 2. The van der Waals surface area contributed by atoms with Gasteiger partial charge in [-0.2, -0.15) is 0 Å². The fourth-order valence-electron chi connectivity index (χ4n) is 9.03. The van der Waals surface area contributed by atoms with Crippen molar-refractivity contribution in [2.24, 2.45) is 29.6 Å². The smallest absolute Gasteiger partial charge is 0.308 e. The molecule has 1 aliphatic carbocycles. The van der Waals surface area contributed by atoms with Crippen LogP contribution in [0.3, 0.4) is 0 Å². The number of ether oxygens (including phenoxy) is 8. The van der Waals surface area contributed by atoms with Crippen molar-refractivity contribution in [2.75, 3.05) is 54.7 Å². The Morgan fingerprint density at radius 3 is 2.26 bits per heavy atom. The van der Waals surface area contributed by atoms with E-state index >= 15 is 0 Å². The van der Waals surface area contributed by atoms with Crippen LogP contribution in [-0.4, -0.2) is 166 Å². The summed E-state index contributed by atoms with van der Waals surface area (Å²) in [6.45, 7) is 11.0. The molecule has 15 nitrogen and oxygen atoms in total. The number of ketones is 2. The second-order valence-electron chi connectivity index (χ2n) is 17.2. The van der Waals surface area contributed by atoms with Crippen molar-refractivity contribution in [3.63, 3.8) is 0 Å². The first kappa shape index (κ1) is 48.5. The Labute approximate surface area is 344 Å². The highest BCUT2D eigenvalue weighted by atomic mass is 16.7. The van der Waals surface area contributed by atoms with E-state index in [1.807, 2.05) is 40.7 Å². The lowest BCUT2D eigenvalue weighted by atomic mass is 9.79. The van der Waals surface area contributed by atoms with Gasteiger partial charge in [0.1, 0.15) is 37.6 Å². The highest BCUT2D eigenvalue weighted by Gasteiger charge is 2.48. The molecule has 332 valence electrons. The number of hydrogen-bond donors (Lipinski definition) is 3. The van der Waals surface area contributed by atoms with Crippen LogP contribution in [0.2, 0.25) is 0 Å². The Hall–Kier alpha value is -2.15. The molecule has 15 heteroatoms. The summed E-state index contributed by atoms with van der Waals surface area (Å²) in [4.78, 5) is 42.5. The van der Waals surface area contributed by atoms with Crippen LogP contribution in [0.15, 0.2) is 23.8 Å². The topological polar surface area (TPSA) is 189 Å². The van der Waals surface area contributed by atoms with E-state index in [0.717, 1.165) is 5.57 Å². The molecule has 2 saturated heterocycles. The first-order valence-corrected chi connectivity index (χ1v) is 21.0. The zero-order valence-corrected chi connectivity index (χ0v) is 36.2. The number of carbonyl (C=O) groups is 3. The Morgan fingerprint density at radius 2 is 1.60 bits per heavy atom. The molecule has 0 aromatic heterocycles. The first-order chi connectivity index (χ1) is 27.5. The largest absolute Gasteiger partial charge is 0.462 e. The van der Waals surface area contributed by atoms with Crippen molar-refractivity contribution >= 4 is 17.5 Å². The van der Waals surface area contributed by atoms with Gasteiger partial charge in [0.25, 0.3) is 0 Å². The van der Waals surface area contributed by atoms with Crippen LogP contribution in [0.25, 0.3) is 0 Å². The predicted molar refractivity (Wildman–Crippen MR) is 213 cm³/mol. The third-order valence-corrected chi connectivity index (χ3v) is 12.5. The Balaban J connectivity index is 1.71. The van der Waals surface area contributed by atoms with Crippen molar-refractivity contribution < 1.29 is 67.6 Å². The molecule has 0 radical (unpaired) electrons. The molecule has 0 aromatic rings. The molecule has 3 heterocycles. The van der Waals surface area contributed by atoms with Gasteiger partial charge >= 0.3 is 5.97 Å². The summed E-state index contributed by atoms with van der Waals surface area (Å²) < 4.78 is 49.0. The van der Waals surface area contributed by atoms with Crippen molar-refractivity contribution in [1.29, 1.82) is 0 Å². The number of likely N-dealkylation sites (N-methyl/N-ethyl adjacent to an activating group) is 1. The highest BCUT2D eigenvalue weighted by Crippen LogP contribution is 2.36. The molecule has 2 unspecified atom stereocenters. The number of cyclic esters (lactones) is 1. The molecule has 0 amide bonds. The van der Waals surface area contributed by atoms with Crippen molar-refractivity contribution in [3.05, 3.63) is 23.8 Å². The number of rotatable bonds is 9. The SMILES string of the molecule is CC[C@H]1OC(=O)C[C@H]2OCC(=O)COCCC(C[C@@H](C)C(=O)/C=C/C(C)=C/[C@@H]1CO[C@@H]1CC(C)[C@@H](O)[C@@H](OC)[C@H]1OC)[C@H](O[C@@H]1O[C@H](C)[C@@H](O)[C@H](N(C)C)[C@H]1O)[C@H]2C. The van der Waals surface area contributed by atoms with Crippen molar-refractivity contribution in [1.82, 2.24) is 4.90 Å². The molecule has 17 atom stereocenters. The summed E-state index contributed by atoms with van der Waals surface area (Å²) >= 11 is 0. The lowest BCUT2D eigenvalue weighted by Gasteiger charge is -2.47. The maximum atomic E-state index is 14.1. The van der Waals surface area contributed by atoms with Crippen LogP contribution < -0.4 is 0 Å². The lowest BCUT2D eigenvalue weighted by Crippen LogP contribution is -2.63. The molecule has 3 fully saturated rings. The molecular weight excluding hydrogens is 754 g/mol. The molecule has 1 saturated carbocycles. The first-order valence-electron chi connectivity index (χ1n) is 21.0. The third kappa shape index (κ3) is 12.5.